The van der Waals surface area contributed by atoms with E-state index in [9.17, 15) is 9.59 Å². The topological polar surface area (TPSA) is 90.9 Å². The molecule has 1 amide bonds. The minimum absolute atomic E-state index is 0.0406. The Bertz CT molecular complexity index is 1220. The highest BCUT2D eigenvalue weighted by Crippen LogP contribution is 2.30. The molecule has 0 aliphatic heterocycles. The number of benzene rings is 1. The number of carbonyl (C=O) groups excluding carboxylic acids is 1. The van der Waals surface area contributed by atoms with Crippen molar-refractivity contribution in [3.8, 4) is 0 Å². The average Bonchev–Trinajstić information content (AvgIpc) is 3.03. The summed E-state index contributed by atoms with van der Waals surface area (Å²) in [6.45, 7) is 0.321. The van der Waals surface area contributed by atoms with E-state index in [0.29, 0.717) is 26.9 Å². The predicted octanol–water partition coefficient (Wildman–Crippen LogP) is 3.29. The van der Waals surface area contributed by atoms with Crippen molar-refractivity contribution < 1.29 is 4.79 Å². The number of halogens is 1. The lowest BCUT2D eigenvalue weighted by Gasteiger charge is -2.11. The summed E-state index contributed by atoms with van der Waals surface area (Å²) in [5, 5.41) is 1.90. The number of fused-ring (bicyclic) bond motifs is 3. The normalized spacial score (nSPS) is 11.3. The Morgan fingerprint density at radius 1 is 1.26 bits per heavy atom. The van der Waals surface area contributed by atoms with Crippen molar-refractivity contribution in [2.24, 2.45) is 5.73 Å². The third kappa shape index (κ3) is 3.55. The Morgan fingerprint density at radius 3 is 2.78 bits per heavy atom. The number of rotatable bonds is 5. The van der Waals surface area contributed by atoms with Gasteiger partial charge in [0.1, 0.15) is 9.53 Å². The molecule has 4 aromatic rings. The molecule has 0 spiro atoms. The second-order valence-corrected chi connectivity index (χ2v) is 8.18. The van der Waals surface area contributed by atoms with Crippen molar-refractivity contribution in [2.45, 2.75) is 11.7 Å². The lowest BCUT2D eigenvalue weighted by molar-refractivity contribution is -0.115. The van der Waals surface area contributed by atoms with Crippen LogP contribution < -0.4 is 11.3 Å². The van der Waals surface area contributed by atoms with Gasteiger partial charge in [0.25, 0.3) is 5.56 Å². The van der Waals surface area contributed by atoms with Gasteiger partial charge in [-0.15, -0.1) is 11.3 Å². The summed E-state index contributed by atoms with van der Waals surface area (Å²) >= 11 is 8.42. The number of pyridine rings is 1. The second kappa shape index (κ2) is 7.30. The molecule has 27 heavy (non-hydrogen) atoms. The van der Waals surface area contributed by atoms with Crippen molar-refractivity contribution in [1.82, 2.24) is 14.5 Å². The maximum absolute atomic E-state index is 13.2. The Hall–Kier alpha value is -2.42. The molecule has 0 atom stereocenters. The molecule has 9 heteroatoms. The van der Waals surface area contributed by atoms with Crippen LogP contribution in [0.25, 0.3) is 20.4 Å². The van der Waals surface area contributed by atoms with Crippen molar-refractivity contribution in [1.29, 1.82) is 0 Å². The number of thioether (sulfide) groups is 1. The molecule has 136 valence electrons. The number of nitrogens with two attached hydrogens (primary N) is 1. The molecule has 2 N–H and O–H groups in total. The van der Waals surface area contributed by atoms with E-state index in [0.717, 1.165) is 27.5 Å². The quantitative estimate of drug-likeness (QED) is 0.398. The Balaban J connectivity index is 1.90. The number of primary amides is 1. The van der Waals surface area contributed by atoms with Gasteiger partial charge < -0.3 is 5.73 Å². The minimum Gasteiger partial charge on any atom is -0.369 e. The smallest absolute Gasteiger partial charge is 0.272 e. The van der Waals surface area contributed by atoms with E-state index >= 15 is 0 Å². The third-order valence-electron chi connectivity index (χ3n) is 3.92. The fraction of sp³-hybridized carbons (Fsp3) is 0.111. The van der Waals surface area contributed by atoms with Crippen LogP contribution in [0.15, 0.2) is 52.5 Å². The first-order valence-electron chi connectivity index (χ1n) is 7.96. The zero-order valence-corrected chi connectivity index (χ0v) is 16.3. The maximum atomic E-state index is 13.2. The second-order valence-electron chi connectivity index (χ2n) is 5.80. The van der Waals surface area contributed by atoms with Crippen molar-refractivity contribution in [3.05, 3.63) is 63.5 Å². The molecule has 3 heterocycles. The van der Waals surface area contributed by atoms with Crippen LogP contribution in [0.1, 0.15) is 5.56 Å². The first-order chi connectivity index (χ1) is 13.0. The summed E-state index contributed by atoms with van der Waals surface area (Å²) in [7, 11) is 0. The van der Waals surface area contributed by atoms with Crippen LogP contribution >= 0.6 is 34.7 Å². The third-order valence-corrected chi connectivity index (χ3v) is 6.26. The van der Waals surface area contributed by atoms with E-state index in [4.69, 9.17) is 17.3 Å². The fourth-order valence-electron chi connectivity index (χ4n) is 2.70. The monoisotopic (exact) mass is 416 g/mol. The van der Waals surface area contributed by atoms with Crippen LogP contribution in [0, 0.1) is 0 Å². The fourth-order valence-corrected chi connectivity index (χ4v) is 4.59. The largest absolute Gasteiger partial charge is 0.369 e. The zero-order chi connectivity index (χ0) is 19.0. The molecule has 3 aromatic heterocycles. The van der Waals surface area contributed by atoms with E-state index in [1.807, 2.05) is 24.3 Å². The molecule has 4 rings (SSSR count). The van der Waals surface area contributed by atoms with Crippen molar-refractivity contribution in [2.75, 3.05) is 5.75 Å². The van der Waals surface area contributed by atoms with Crippen LogP contribution in [-0.4, -0.2) is 26.2 Å². The van der Waals surface area contributed by atoms with Crippen LogP contribution in [-0.2, 0) is 11.3 Å². The van der Waals surface area contributed by atoms with Gasteiger partial charge in [-0.1, -0.05) is 35.5 Å². The maximum Gasteiger partial charge on any atom is 0.272 e. The molecular weight excluding hydrogens is 404 g/mol. The van der Waals surface area contributed by atoms with Gasteiger partial charge >= 0.3 is 0 Å². The molecule has 0 unspecified atom stereocenters. The molecule has 0 radical (unpaired) electrons. The number of thiophene rings is 1. The highest BCUT2D eigenvalue weighted by molar-refractivity contribution is 7.99. The molecule has 0 fully saturated rings. The number of hydrogen-bond acceptors (Lipinski definition) is 6. The molecule has 0 saturated heterocycles. The number of amides is 1. The van der Waals surface area contributed by atoms with E-state index < -0.39 is 5.91 Å². The number of aromatic nitrogens is 3. The average molecular weight is 417 g/mol. The molecule has 0 aliphatic carbocycles. The van der Waals surface area contributed by atoms with Crippen LogP contribution in [0.4, 0.5) is 0 Å². The molecular formula is C18H13ClN4O2S2. The van der Waals surface area contributed by atoms with Gasteiger partial charge in [-0.05, 0) is 29.8 Å². The highest BCUT2D eigenvalue weighted by atomic mass is 35.5. The standard InChI is InChI=1S/C18H13ClN4O2S2/c19-11-5-3-10(4-6-11)8-23-17(25)15-14(22-18(23)26-9-13(20)24)12-2-1-7-21-16(12)27-15/h1-7H,8-9H2,(H2,20,24). The lowest BCUT2D eigenvalue weighted by atomic mass is 10.2. The molecule has 1 aromatic carbocycles. The van der Waals surface area contributed by atoms with Gasteiger partial charge in [-0.3, -0.25) is 14.2 Å². The first kappa shape index (κ1) is 18.0. The minimum atomic E-state index is -0.468. The van der Waals surface area contributed by atoms with Gasteiger partial charge in [0, 0.05) is 16.6 Å². The molecule has 0 saturated carbocycles. The van der Waals surface area contributed by atoms with Crippen molar-refractivity contribution in [3.63, 3.8) is 0 Å². The highest BCUT2D eigenvalue weighted by Gasteiger charge is 2.17. The molecule has 6 nitrogen and oxygen atoms in total. The van der Waals surface area contributed by atoms with E-state index in [-0.39, 0.29) is 11.3 Å². The van der Waals surface area contributed by atoms with Gasteiger partial charge in [0.05, 0.1) is 17.8 Å². The van der Waals surface area contributed by atoms with Gasteiger partial charge in [0.15, 0.2) is 5.16 Å². The summed E-state index contributed by atoms with van der Waals surface area (Å²) in [6.07, 6.45) is 1.69. The van der Waals surface area contributed by atoms with E-state index in [2.05, 4.69) is 9.97 Å². The van der Waals surface area contributed by atoms with Gasteiger partial charge in [-0.2, -0.15) is 0 Å². The summed E-state index contributed by atoms with van der Waals surface area (Å²) in [6, 6.07) is 11.0. The van der Waals surface area contributed by atoms with E-state index in [1.54, 1.807) is 22.9 Å². The van der Waals surface area contributed by atoms with Crippen LogP contribution in [0.5, 0.6) is 0 Å². The SMILES string of the molecule is NC(=O)CSc1nc2c(sc3ncccc32)c(=O)n1Cc1ccc(Cl)cc1. The summed E-state index contributed by atoms with van der Waals surface area (Å²) in [4.78, 5) is 34.2. The summed E-state index contributed by atoms with van der Waals surface area (Å²) < 4.78 is 2.11. The number of carbonyl (C=O) groups is 1. The summed E-state index contributed by atoms with van der Waals surface area (Å²) in [5.74, 6) is -0.428. The van der Waals surface area contributed by atoms with E-state index in [1.165, 1.54) is 11.3 Å². The number of hydrogen-bond donors (Lipinski definition) is 1. The Labute approximate surface area is 167 Å². The lowest BCUT2D eigenvalue weighted by Crippen LogP contribution is -2.24. The Kier molecular flexibility index (Phi) is 4.86. The van der Waals surface area contributed by atoms with Crippen LogP contribution in [0.3, 0.4) is 0 Å². The molecule has 0 aliphatic rings. The van der Waals surface area contributed by atoms with Gasteiger partial charge in [0.2, 0.25) is 5.91 Å². The first-order valence-corrected chi connectivity index (χ1v) is 10.1. The van der Waals surface area contributed by atoms with Crippen LogP contribution in [0.2, 0.25) is 5.02 Å². The number of nitrogens with zero attached hydrogens (tertiary/aromatic N) is 3. The van der Waals surface area contributed by atoms with Gasteiger partial charge in [-0.25, -0.2) is 9.97 Å². The van der Waals surface area contributed by atoms with Crippen molar-refractivity contribution >= 4 is 61.0 Å². The predicted molar refractivity (Wildman–Crippen MR) is 110 cm³/mol. The molecule has 0 bridgehead atoms. The Morgan fingerprint density at radius 2 is 2.04 bits per heavy atom. The summed E-state index contributed by atoms with van der Waals surface area (Å²) in [5.41, 5.74) is 6.63. The zero-order valence-electron chi connectivity index (χ0n) is 13.9.